The number of aliphatic carboxylic acids is 1. The zero-order chi connectivity index (χ0) is 12.1. The molecule has 16 heavy (non-hydrogen) atoms. The molecule has 1 N–H and O–H groups in total. The van der Waals surface area contributed by atoms with Crippen molar-refractivity contribution in [2.75, 3.05) is 7.11 Å². The summed E-state index contributed by atoms with van der Waals surface area (Å²) in [5.41, 5.74) is 0.176. The number of carboxylic acid groups (broad SMARTS) is 1. The molecule has 0 saturated carbocycles. The molecule has 1 heterocycles. The number of carbonyl (C=O) groups excluding carboxylic acids is 2. The SMILES string of the molecule is COc1ccc(C(=O)CC(=O)C(=O)O)cn1. The minimum absolute atomic E-state index is 0.176. The molecule has 0 fully saturated rings. The Morgan fingerprint density at radius 3 is 2.50 bits per heavy atom. The molecule has 0 unspecified atom stereocenters. The van der Waals surface area contributed by atoms with E-state index in [0.717, 1.165) is 0 Å². The van der Waals surface area contributed by atoms with Gasteiger partial charge in [0.1, 0.15) is 0 Å². The minimum Gasteiger partial charge on any atom is -0.481 e. The van der Waals surface area contributed by atoms with Gasteiger partial charge in [-0.2, -0.15) is 0 Å². The maximum atomic E-state index is 11.4. The average Bonchev–Trinajstić information content (AvgIpc) is 2.28. The van der Waals surface area contributed by atoms with E-state index in [4.69, 9.17) is 9.84 Å². The minimum atomic E-state index is -1.62. The Kier molecular flexibility index (Phi) is 3.71. The lowest BCUT2D eigenvalue weighted by molar-refractivity contribution is -0.148. The quantitative estimate of drug-likeness (QED) is 0.439. The lowest BCUT2D eigenvalue weighted by Gasteiger charge is -2.00. The predicted molar refractivity (Wildman–Crippen MR) is 52.4 cm³/mol. The van der Waals surface area contributed by atoms with Gasteiger partial charge >= 0.3 is 5.97 Å². The number of Topliss-reactive ketones (excluding diaryl/α,β-unsaturated/α-hetero) is 2. The van der Waals surface area contributed by atoms with Crippen molar-refractivity contribution >= 4 is 17.5 Å². The number of hydrogen-bond acceptors (Lipinski definition) is 5. The van der Waals surface area contributed by atoms with Crippen LogP contribution in [0.2, 0.25) is 0 Å². The maximum absolute atomic E-state index is 11.4. The number of ketones is 2. The van der Waals surface area contributed by atoms with E-state index in [1.54, 1.807) is 0 Å². The number of rotatable bonds is 5. The molecule has 6 heteroatoms. The molecular formula is C10H9NO5. The summed E-state index contributed by atoms with van der Waals surface area (Å²) in [5, 5.41) is 8.32. The molecule has 1 rings (SSSR count). The van der Waals surface area contributed by atoms with E-state index in [0.29, 0.717) is 5.88 Å². The molecule has 84 valence electrons. The van der Waals surface area contributed by atoms with Gasteiger partial charge in [-0.25, -0.2) is 9.78 Å². The summed E-state index contributed by atoms with van der Waals surface area (Å²) in [6, 6.07) is 2.88. The summed E-state index contributed by atoms with van der Waals surface area (Å²) >= 11 is 0. The summed E-state index contributed by atoms with van der Waals surface area (Å²) in [6.07, 6.45) is 0.569. The van der Waals surface area contributed by atoms with Crippen LogP contribution in [0.1, 0.15) is 16.8 Å². The van der Waals surface area contributed by atoms with E-state index >= 15 is 0 Å². The second kappa shape index (κ2) is 5.01. The molecule has 6 nitrogen and oxygen atoms in total. The largest absolute Gasteiger partial charge is 0.481 e. The monoisotopic (exact) mass is 223 g/mol. The van der Waals surface area contributed by atoms with Crippen molar-refractivity contribution in [1.29, 1.82) is 0 Å². The molecule has 0 atom stereocenters. The lowest BCUT2D eigenvalue weighted by Crippen LogP contribution is -2.17. The number of hydrogen-bond donors (Lipinski definition) is 1. The van der Waals surface area contributed by atoms with Gasteiger partial charge in [0.15, 0.2) is 5.78 Å². The number of methoxy groups -OCH3 is 1. The van der Waals surface area contributed by atoms with Crippen molar-refractivity contribution in [3.8, 4) is 5.88 Å². The Morgan fingerprint density at radius 1 is 1.38 bits per heavy atom. The fourth-order valence-corrected chi connectivity index (χ4v) is 0.989. The van der Waals surface area contributed by atoms with Gasteiger partial charge in [-0.15, -0.1) is 0 Å². The number of aromatic nitrogens is 1. The van der Waals surface area contributed by atoms with Gasteiger partial charge in [-0.1, -0.05) is 0 Å². The topological polar surface area (TPSA) is 93.6 Å². The molecule has 1 aromatic heterocycles. The fraction of sp³-hybridized carbons (Fsp3) is 0.200. The Balaban J connectivity index is 2.73. The third-order valence-corrected chi connectivity index (χ3v) is 1.83. The molecule has 0 bridgehead atoms. The van der Waals surface area contributed by atoms with E-state index in [2.05, 4.69) is 4.98 Å². The van der Waals surface area contributed by atoms with Gasteiger partial charge in [0.2, 0.25) is 11.7 Å². The number of nitrogens with zero attached hydrogens (tertiary/aromatic N) is 1. The highest BCUT2D eigenvalue weighted by Gasteiger charge is 2.17. The van der Waals surface area contributed by atoms with Crippen LogP contribution in [0.3, 0.4) is 0 Å². The van der Waals surface area contributed by atoms with Crippen LogP contribution in [0.25, 0.3) is 0 Å². The lowest BCUT2D eigenvalue weighted by atomic mass is 10.1. The van der Waals surface area contributed by atoms with Gasteiger partial charge in [-0.05, 0) is 6.07 Å². The first-order chi connectivity index (χ1) is 7.54. The van der Waals surface area contributed by atoms with Crippen LogP contribution in [0.15, 0.2) is 18.3 Å². The molecule has 0 spiro atoms. The molecule has 0 saturated heterocycles. The highest BCUT2D eigenvalue weighted by molar-refractivity contribution is 6.37. The van der Waals surface area contributed by atoms with E-state index in [1.165, 1.54) is 25.4 Å². The average molecular weight is 223 g/mol. The standard InChI is InChI=1S/C10H9NO5/c1-16-9-3-2-6(5-11-9)7(12)4-8(13)10(14)15/h2-3,5H,4H2,1H3,(H,14,15). The summed E-state index contributed by atoms with van der Waals surface area (Å²) in [7, 11) is 1.43. The van der Waals surface area contributed by atoms with Crippen molar-refractivity contribution in [1.82, 2.24) is 4.98 Å². The third-order valence-electron chi connectivity index (χ3n) is 1.83. The van der Waals surface area contributed by atoms with Gasteiger partial charge in [-0.3, -0.25) is 9.59 Å². The molecule has 0 amide bonds. The Morgan fingerprint density at radius 2 is 2.06 bits per heavy atom. The van der Waals surface area contributed by atoms with E-state index in [1.807, 2.05) is 0 Å². The molecule has 0 aliphatic rings. The maximum Gasteiger partial charge on any atom is 0.372 e. The second-order valence-electron chi connectivity index (χ2n) is 2.92. The second-order valence-corrected chi connectivity index (χ2v) is 2.92. The molecule has 0 aromatic carbocycles. The number of carbonyl (C=O) groups is 3. The van der Waals surface area contributed by atoms with Crippen LogP contribution in [0.4, 0.5) is 0 Å². The van der Waals surface area contributed by atoms with Crippen LogP contribution in [-0.4, -0.2) is 34.7 Å². The van der Waals surface area contributed by atoms with Gasteiger partial charge in [0, 0.05) is 17.8 Å². The van der Waals surface area contributed by atoms with Crippen LogP contribution < -0.4 is 4.74 Å². The molecule has 0 aliphatic heterocycles. The summed E-state index contributed by atoms with van der Waals surface area (Å²) in [5.74, 6) is -3.00. The molecular weight excluding hydrogens is 214 g/mol. The third kappa shape index (κ3) is 2.88. The van der Waals surface area contributed by atoms with Gasteiger partial charge in [0.05, 0.1) is 13.5 Å². The highest BCUT2D eigenvalue weighted by atomic mass is 16.5. The number of pyridine rings is 1. The highest BCUT2D eigenvalue weighted by Crippen LogP contribution is 2.08. The summed E-state index contributed by atoms with van der Waals surface area (Å²) in [4.78, 5) is 36.2. The van der Waals surface area contributed by atoms with Crippen molar-refractivity contribution in [3.63, 3.8) is 0 Å². The van der Waals surface area contributed by atoms with Gasteiger partial charge in [0.25, 0.3) is 0 Å². The van der Waals surface area contributed by atoms with Gasteiger partial charge < -0.3 is 9.84 Å². The van der Waals surface area contributed by atoms with Crippen molar-refractivity contribution in [2.45, 2.75) is 6.42 Å². The van der Waals surface area contributed by atoms with Crippen LogP contribution >= 0.6 is 0 Å². The zero-order valence-corrected chi connectivity index (χ0v) is 8.47. The first-order valence-electron chi connectivity index (χ1n) is 4.34. The van der Waals surface area contributed by atoms with E-state index < -0.39 is 24.0 Å². The first kappa shape index (κ1) is 11.8. The Labute approximate surface area is 90.9 Å². The van der Waals surface area contributed by atoms with Crippen LogP contribution in [-0.2, 0) is 9.59 Å². The van der Waals surface area contributed by atoms with Crippen LogP contribution in [0.5, 0.6) is 5.88 Å². The van der Waals surface area contributed by atoms with Crippen molar-refractivity contribution < 1.29 is 24.2 Å². The number of carboxylic acids is 1. The zero-order valence-electron chi connectivity index (χ0n) is 8.47. The predicted octanol–water partition coefficient (Wildman–Crippen LogP) is 0.317. The van der Waals surface area contributed by atoms with E-state index in [-0.39, 0.29) is 5.56 Å². The molecule has 0 aliphatic carbocycles. The molecule has 0 radical (unpaired) electrons. The fourth-order valence-electron chi connectivity index (χ4n) is 0.989. The smallest absolute Gasteiger partial charge is 0.372 e. The van der Waals surface area contributed by atoms with Crippen molar-refractivity contribution in [3.05, 3.63) is 23.9 Å². The molecule has 1 aromatic rings. The van der Waals surface area contributed by atoms with Crippen LogP contribution in [0, 0.1) is 0 Å². The Bertz CT molecular complexity index is 423. The normalized spacial score (nSPS) is 9.56. The van der Waals surface area contributed by atoms with Crippen molar-refractivity contribution in [2.24, 2.45) is 0 Å². The van der Waals surface area contributed by atoms with E-state index in [9.17, 15) is 14.4 Å². The summed E-state index contributed by atoms with van der Waals surface area (Å²) in [6.45, 7) is 0. The first-order valence-corrected chi connectivity index (χ1v) is 4.34. The Hall–Kier alpha value is -2.24. The number of ether oxygens (including phenoxy) is 1. The summed E-state index contributed by atoms with van der Waals surface area (Å²) < 4.78 is 4.78.